The van der Waals surface area contributed by atoms with Crippen LogP contribution in [0.15, 0.2) is 42.7 Å². The van der Waals surface area contributed by atoms with E-state index in [9.17, 15) is 4.39 Å². The van der Waals surface area contributed by atoms with Crippen LogP contribution in [0.1, 0.15) is 24.1 Å². The van der Waals surface area contributed by atoms with E-state index in [4.69, 9.17) is 0 Å². The lowest BCUT2D eigenvalue weighted by molar-refractivity contribution is 0.596. The highest BCUT2D eigenvalue weighted by Crippen LogP contribution is 2.22. The molecule has 0 fully saturated rings. The van der Waals surface area contributed by atoms with Crippen molar-refractivity contribution in [3.8, 4) is 0 Å². The Balaban J connectivity index is 2.36. The van der Waals surface area contributed by atoms with E-state index in [-0.39, 0.29) is 11.9 Å². The van der Waals surface area contributed by atoms with Crippen LogP contribution in [0, 0.1) is 9.39 Å². The Hall–Kier alpha value is -1.01. The van der Waals surface area contributed by atoms with E-state index >= 15 is 0 Å². The van der Waals surface area contributed by atoms with Crippen molar-refractivity contribution in [2.75, 3.05) is 6.54 Å². The second kappa shape index (κ2) is 6.24. The normalized spacial score (nSPS) is 12.4. The maximum Gasteiger partial charge on any atom is 0.141 e. The molecule has 0 radical (unpaired) electrons. The summed E-state index contributed by atoms with van der Waals surface area (Å²) < 4.78 is 14.4. The summed E-state index contributed by atoms with van der Waals surface area (Å²) in [5, 5.41) is 3.35. The van der Waals surface area contributed by atoms with Crippen molar-refractivity contribution >= 4 is 22.6 Å². The van der Waals surface area contributed by atoms with E-state index in [2.05, 4.69) is 45.0 Å². The molecule has 0 aliphatic heterocycles. The van der Waals surface area contributed by atoms with Crippen LogP contribution in [-0.2, 0) is 0 Å². The van der Waals surface area contributed by atoms with Crippen molar-refractivity contribution in [2.45, 2.75) is 13.0 Å². The van der Waals surface area contributed by atoms with Crippen LogP contribution in [0.25, 0.3) is 0 Å². The molecule has 2 rings (SSSR count). The van der Waals surface area contributed by atoms with Gasteiger partial charge in [-0.25, -0.2) is 4.39 Å². The lowest BCUT2D eigenvalue weighted by atomic mass is 10.0. The van der Waals surface area contributed by atoms with Gasteiger partial charge in [0, 0.05) is 9.77 Å². The van der Waals surface area contributed by atoms with Gasteiger partial charge in [0.05, 0.1) is 12.2 Å². The number of pyridine rings is 1. The Morgan fingerprint density at radius 1 is 1.22 bits per heavy atom. The third-order valence-electron chi connectivity index (χ3n) is 2.67. The topological polar surface area (TPSA) is 24.9 Å². The molecule has 0 saturated heterocycles. The molecule has 0 saturated carbocycles. The first-order chi connectivity index (χ1) is 8.70. The average Bonchev–Trinajstić information content (AvgIpc) is 2.37. The molecule has 0 bridgehead atoms. The number of aromatic nitrogens is 1. The summed E-state index contributed by atoms with van der Waals surface area (Å²) in [7, 11) is 0. The Labute approximate surface area is 120 Å². The van der Waals surface area contributed by atoms with Crippen LogP contribution in [0.3, 0.4) is 0 Å². The fourth-order valence-electron chi connectivity index (χ4n) is 1.87. The smallest absolute Gasteiger partial charge is 0.141 e. The van der Waals surface area contributed by atoms with Gasteiger partial charge in [0.2, 0.25) is 0 Å². The van der Waals surface area contributed by atoms with E-state index in [1.807, 2.05) is 19.1 Å². The molecule has 1 atom stereocenters. The van der Waals surface area contributed by atoms with Gasteiger partial charge in [0.15, 0.2) is 0 Å². The maximum absolute atomic E-state index is 13.3. The molecule has 4 heteroatoms. The first-order valence-corrected chi connectivity index (χ1v) is 6.88. The van der Waals surface area contributed by atoms with E-state index in [1.165, 1.54) is 15.8 Å². The summed E-state index contributed by atoms with van der Waals surface area (Å²) in [6, 6.07) is 9.72. The summed E-state index contributed by atoms with van der Waals surface area (Å²) in [4.78, 5) is 3.91. The zero-order valence-corrected chi connectivity index (χ0v) is 12.2. The lowest BCUT2D eigenvalue weighted by Crippen LogP contribution is -2.22. The number of hydrogen-bond donors (Lipinski definition) is 1. The molecule has 1 unspecified atom stereocenters. The summed E-state index contributed by atoms with van der Waals surface area (Å²) in [6.45, 7) is 2.85. The minimum atomic E-state index is -0.305. The fourth-order valence-corrected chi connectivity index (χ4v) is 2.23. The van der Waals surface area contributed by atoms with Crippen molar-refractivity contribution in [1.82, 2.24) is 10.3 Å². The van der Waals surface area contributed by atoms with Crippen molar-refractivity contribution in [2.24, 2.45) is 0 Å². The van der Waals surface area contributed by atoms with Crippen molar-refractivity contribution in [1.29, 1.82) is 0 Å². The standard InChI is InChI=1S/C14H14FIN2/c1-2-18-14(10-3-5-13(16)6-4-10)11-7-12(15)9-17-8-11/h3-9,14,18H,2H2,1H3. The molecule has 94 valence electrons. The largest absolute Gasteiger partial charge is 0.306 e. The van der Waals surface area contributed by atoms with Gasteiger partial charge in [0.1, 0.15) is 5.82 Å². The number of benzene rings is 1. The number of rotatable bonds is 4. The Kier molecular flexibility index (Phi) is 4.66. The highest BCUT2D eigenvalue weighted by atomic mass is 127. The predicted octanol–water partition coefficient (Wildman–Crippen LogP) is 3.52. The molecule has 1 aromatic carbocycles. The van der Waals surface area contributed by atoms with E-state index in [0.717, 1.165) is 17.7 Å². The Bertz CT molecular complexity index is 513. The van der Waals surface area contributed by atoms with Crippen LogP contribution in [-0.4, -0.2) is 11.5 Å². The minimum absolute atomic E-state index is 0.0183. The molecule has 1 aromatic heterocycles. The number of nitrogens with one attached hydrogen (secondary N) is 1. The van der Waals surface area contributed by atoms with Gasteiger partial charge in [-0.05, 0) is 58.5 Å². The third kappa shape index (κ3) is 3.26. The van der Waals surface area contributed by atoms with Crippen molar-refractivity contribution in [3.63, 3.8) is 0 Å². The molecular weight excluding hydrogens is 342 g/mol. The minimum Gasteiger partial charge on any atom is -0.306 e. The fraction of sp³-hybridized carbons (Fsp3) is 0.214. The van der Waals surface area contributed by atoms with Crippen molar-refractivity contribution in [3.05, 3.63) is 63.2 Å². The Morgan fingerprint density at radius 2 is 1.94 bits per heavy atom. The summed E-state index contributed by atoms with van der Waals surface area (Å²) >= 11 is 2.27. The lowest BCUT2D eigenvalue weighted by Gasteiger charge is -2.18. The molecule has 0 spiro atoms. The van der Waals surface area contributed by atoms with Gasteiger partial charge < -0.3 is 5.32 Å². The average molecular weight is 356 g/mol. The van der Waals surface area contributed by atoms with Crippen LogP contribution in [0.4, 0.5) is 4.39 Å². The second-order valence-corrected chi connectivity index (χ2v) is 5.22. The van der Waals surface area contributed by atoms with Gasteiger partial charge in [0.25, 0.3) is 0 Å². The Morgan fingerprint density at radius 3 is 2.56 bits per heavy atom. The number of nitrogens with zero attached hydrogens (tertiary/aromatic N) is 1. The molecule has 18 heavy (non-hydrogen) atoms. The van der Waals surface area contributed by atoms with Crippen LogP contribution in [0.2, 0.25) is 0 Å². The van der Waals surface area contributed by atoms with Gasteiger partial charge in [-0.3, -0.25) is 4.98 Å². The zero-order chi connectivity index (χ0) is 13.0. The molecule has 2 aromatic rings. The van der Waals surface area contributed by atoms with Gasteiger partial charge in [-0.1, -0.05) is 19.1 Å². The molecule has 0 aliphatic rings. The van der Waals surface area contributed by atoms with Crippen LogP contribution < -0.4 is 5.32 Å². The SMILES string of the molecule is CCNC(c1ccc(I)cc1)c1cncc(F)c1. The van der Waals surface area contributed by atoms with E-state index < -0.39 is 0 Å². The first kappa shape index (κ1) is 13.4. The second-order valence-electron chi connectivity index (χ2n) is 3.98. The van der Waals surface area contributed by atoms with E-state index in [0.29, 0.717) is 0 Å². The highest BCUT2D eigenvalue weighted by Gasteiger charge is 2.13. The molecule has 2 nitrogen and oxygen atoms in total. The highest BCUT2D eigenvalue weighted by molar-refractivity contribution is 14.1. The molecule has 1 N–H and O–H groups in total. The van der Waals surface area contributed by atoms with Gasteiger partial charge in [-0.2, -0.15) is 0 Å². The molecular formula is C14H14FIN2. The predicted molar refractivity (Wildman–Crippen MR) is 78.9 cm³/mol. The van der Waals surface area contributed by atoms with Gasteiger partial charge in [-0.15, -0.1) is 0 Å². The van der Waals surface area contributed by atoms with E-state index in [1.54, 1.807) is 6.20 Å². The molecule has 0 amide bonds. The quantitative estimate of drug-likeness (QED) is 0.848. The van der Waals surface area contributed by atoms with Crippen molar-refractivity contribution < 1.29 is 4.39 Å². The van der Waals surface area contributed by atoms with Crippen LogP contribution >= 0.6 is 22.6 Å². The zero-order valence-electron chi connectivity index (χ0n) is 10.0. The summed E-state index contributed by atoms with van der Waals surface area (Å²) in [5.74, 6) is -0.305. The monoisotopic (exact) mass is 356 g/mol. The number of hydrogen-bond acceptors (Lipinski definition) is 2. The van der Waals surface area contributed by atoms with Crippen LogP contribution in [0.5, 0.6) is 0 Å². The molecule has 0 aliphatic carbocycles. The maximum atomic E-state index is 13.3. The van der Waals surface area contributed by atoms with Gasteiger partial charge >= 0.3 is 0 Å². The number of halogens is 2. The summed E-state index contributed by atoms with van der Waals surface area (Å²) in [6.07, 6.45) is 2.93. The molecule has 1 heterocycles. The first-order valence-electron chi connectivity index (χ1n) is 5.80. The summed E-state index contributed by atoms with van der Waals surface area (Å²) in [5.41, 5.74) is 1.96. The third-order valence-corrected chi connectivity index (χ3v) is 3.39.